The van der Waals surface area contributed by atoms with Gasteiger partial charge >= 0.3 is 29.3 Å². The Kier molecular flexibility index (Phi) is 14.8. The second-order valence-corrected chi connectivity index (χ2v) is 1.86. The van der Waals surface area contributed by atoms with Crippen molar-refractivity contribution in [1.82, 2.24) is 0 Å². The summed E-state index contributed by atoms with van der Waals surface area (Å²) < 4.78 is 31.6. The van der Waals surface area contributed by atoms with Gasteiger partial charge in [-0.3, -0.25) is 9.11 Å². The maximum absolute atomic E-state index is 8.74. The van der Waals surface area contributed by atoms with Crippen LogP contribution in [0.2, 0.25) is 0 Å². The molecule has 0 aromatic heterocycles. The molecule has 0 spiro atoms. The molecule has 0 saturated heterocycles. The van der Waals surface area contributed by atoms with Crippen LogP contribution in [0.5, 0.6) is 0 Å². The fourth-order valence-corrected chi connectivity index (χ4v) is 0. The summed E-state index contributed by atoms with van der Waals surface area (Å²) in [6, 6.07) is 1.93. The van der Waals surface area contributed by atoms with E-state index in [0.29, 0.717) is 6.42 Å². The van der Waals surface area contributed by atoms with Crippen molar-refractivity contribution in [2.45, 2.75) is 13.3 Å². The van der Waals surface area contributed by atoms with Gasteiger partial charge in [0.1, 0.15) is 0 Å². The molecule has 0 saturated carbocycles. The Balaban J connectivity index is -0.0000000383. The van der Waals surface area contributed by atoms with Crippen LogP contribution in [-0.4, -0.2) is 17.5 Å². The van der Waals surface area contributed by atoms with Crippen molar-refractivity contribution in [3.63, 3.8) is 0 Å². The summed E-state index contributed by atoms with van der Waals surface area (Å²) in [5.41, 5.74) is 0. The second-order valence-electron chi connectivity index (χ2n) is 0.960. The molecule has 0 amide bonds. The van der Waals surface area contributed by atoms with E-state index in [1.807, 2.05) is 13.0 Å². The first kappa shape index (κ1) is 16.5. The topological polar surface area (TPSA) is 98.4 Å². The van der Waals surface area contributed by atoms with Gasteiger partial charge in [0.25, 0.3) is 0 Å². The molecule has 0 aliphatic heterocycles. The molecular formula is C3H8LiNO4S. The van der Waals surface area contributed by atoms with E-state index < -0.39 is 10.4 Å². The molecule has 0 bridgehead atoms. The number of hydrogen-bond donors (Lipinski definition) is 2. The fraction of sp³-hybridized carbons (Fsp3) is 0.667. The van der Waals surface area contributed by atoms with Crippen LogP contribution in [0.3, 0.4) is 0 Å². The Labute approximate surface area is 73.3 Å². The van der Waals surface area contributed by atoms with Crippen LogP contribution in [0.1, 0.15) is 14.8 Å². The minimum atomic E-state index is -4.67. The molecule has 5 nitrogen and oxygen atoms in total. The Hall–Kier alpha value is -0.0426. The summed E-state index contributed by atoms with van der Waals surface area (Å²) >= 11 is 0. The summed E-state index contributed by atoms with van der Waals surface area (Å²) in [7, 11) is -4.67. The summed E-state index contributed by atoms with van der Waals surface area (Å²) in [5, 5.41) is 7.62. The summed E-state index contributed by atoms with van der Waals surface area (Å²) in [6.07, 6.45) is 0.625. The first-order chi connectivity index (χ1) is 3.91. The van der Waals surface area contributed by atoms with Gasteiger partial charge in [0.05, 0.1) is 6.07 Å². The molecule has 0 unspecified atom stereocenters. The SMILES string of the molecule is CCC#N.O=S(=O)(O)O.[H-].[Li+]. The minimum Gasteiger partial charge on any atom is -1.00 e. The van der Waals surface area contributed by atoms with Gasteiger partial charge in [-0.05, 0) is 0 Å². The van der Waals surface area contributed by atoms with Crippen LogP contribution in [0.15, 0.2) is 0 Å². The first-order valence-electron chi connectivity index (χ1n) is 1.98. The normalized spacial score (nSPS) is 7.80. The molecule has 0 radical (unpaired) electrons. The van der Waals surface area contributed by atoms with Crippen LogP contribution < -0.4 is 18.9 Å². The van der Waals surface area contributed by atoms with E-state index in [1.54, 1.807) is 0 Å². The van der Waals surface area contributed by atoms with Gasteiger partial charge in [0.2, 0.25) is 0 Å². The molecular weight excluding hydrogens is 153 g/mol. The van der Waals surface area contributed by atoms with Crippen molar-refractivity contribution in [2.75, 3.05) is 0 Å². The van der Waals surface area contributed by atoms with Crippen LogP contribution in [-0.2, 0) is 10.4 Å². The summed E-state index contributed by atoms with van der Waals surface area (Å²) in [4.78, 5) is 0. The van der Waals surface area contributed by atoms with E-state index in [1.165, 1.54) is 0 Å². The van der Waals surface area contributed by atoms with Gasteiger partial charge in [-0.25, -0.2) is 0 Å². The molecule has 0 aromatic rings. The van der Waals surface area contributed by atoms with Crippen molar-refractivity contribution < 1.29 is 37.8 Å². The molecule has 56 valence electrons. The predicted molar refractivity (Wildman–Crippen MR) is 31.2 cm³/mol. The number of rotatable bonds is 0. The molecule has 0 rings (SSSR count). The monoisotopic (exact) mass is 161 g/mol. The molecule has 0 heterocycles. The second kappa shape index (κ2) is 8.96. The van der Waals surface area contributed by atoms with Gasteiger partial charge < -0.3 is 1.43 Å². The van der Waals surface area contributed by atoms with E-state index >= 15 is 0 Å². The standard InChI is InChI=1S/C3H5N.Li.H2O4S.H/c1-2-3-4;;1-5(2,3)4;/h2H2,1H3;;(H2,1,2,3,4);/q;+1;;-1. The largest absolute Gasteiger partial charge is 1.00 e. The van der Waals surface area contributed by atoms with Gasteiger partial charge in [-0.15, -0.1) is 0 Å². The molecule has 10 heavy (non-hydrogen) atoms. The van der Waals surface area contributed by atoms with E-state index in [4.69, 9.17) is 22.8 Å². The van der Waals surface area contributed by atoms with E-state index in [-0.39, 0.29) is 20.3 Å². The quantitative estimate of drug-likeness (QED) is 0.299. The Morgan fingerprint density at radius 2 is 1.70 bits per heavy atom. The zero-order valence-corrected chi connectivity index (χ0v) is 6.59. The van der Waals surface area contributed by atoms with Gasteiger partial charge in [-0.1, -0.05) is 6.92 Å². The van der Waals surface area contributed by atoms with Crippen molar-refractivity contribution in [3.8, 4) is 6.07 Å². The molecule has 0 aromatic carbocycles. The zero-order valence-electron chi connectivity index (χ0n) is 6.77. The molecule has 7 heteroatoms. The van der Waals surface area contributed by atoms with E-state index in [0.717, 1.165) is 0 Å². The summed E-state index contributed by atoms with van der Waals surface area (Å²) in [6.45, 7) is 1.82. The minimum absolute atomic E-state index is 0. The average Bonchev–Trinajstić information content (AvgIpc) is 1.61. The maximum Gasteiger partial charge on any atom is 1.00 e. The summed E-state index contributed by atoms with van der Waals surface area (Å²) in [5.74, 6) is 0. The molecule has 0 atom stereocenters. The van der Waals surface area contributed by atoms with E-state index in [9.17, 15) is 0 Å². The number of nitriles is 1. The molecule has 2 N–H and O–H groups in total. The van der Waals surface area contributed by atoms with Crippen molar-refractivity contribution >= 4 is 10.4 Å². The van der Waals surface area contributed by atoms with E-state index in [2.05, 4.69) is 0 Å². The fourth-order valence-electron chi connectivity index (χ4n) is 0. The van der Waals surface area contributed by atoms with Gasteiger partial charge in [0.15, 0.2) is 0 Å². The Morgan fingerprint density at radius 1 is 1.60 bits per heavy atom. The number of hydrogen-bond acceptors (Lipinski definition) is 3. The maximum atomic E-state index is 8.74. The third-order valence-electron chi connectivity index (χ3n) is 0.158. The smallest absolute Gasteiger partial charge is 1.00 e. The Morgan fingerprint density at radius 3 is 1.70 bits per heavy atom. The van der Waals surface area contributed by atoms with Crippen LogP contribution in [0.25, 0.3) is 0 Å². The van der Waals surface area contributed by atoms with Crippen molar-refractivity contribution in [1.29, 1.82) is 5.26 Å². The third-order valence-corrected chi connectivity index (χ3v) is 0.158. The van der Waals surface area contributed by atoms with Crippen LogP contribution >= 0.6 is 0 Å². The van der Waals surface area contributed by atoms with Crippen LogP contribution in [0.4, 0.5) is 0 Å². The zero-order chi connectivity index (χ0) is 7.91. The number of nitrogens with zero attached hydrogens (tertiary/aromatic N) is 1. The van der Waals surface area contributed by atoms with Crippen molar-refractivity contribution in [2.24, 2.45) is 0 Å². The molecule has 0 aliphatic rings. The predicted octanol–water partition coefficient (Wildman–Crippen LogP) is -2.62. The Bertz CT molecular complexity index is 178. The van der Waals surface area contributed by atoms with Crippen molar-refractivity contribution in [3.05, 3.63) is 0 Å². The third kappa shape index (κ3) is 420. The van der Waals surface area contributed by atoms with Crippen LogP contribution in [0, 0.1) is 11.3 Å². The molecule has 0 fully saturated rings. The molecule has 0 aliphatic carbocycles. The van der Waals surface area contributed by atoms with Gasteiger partial charge in [0, 0.05) is 6.42 Å². The average molecular weight is 161 g/mol. The first-order valence-corrected chi connectivity index (χ1v) is 3.38. The van der Waals surface area contributed by atoms with Gasteiger partial charge in [-0.2, -0.15) is 13.7 Å².